The molecule has 1 aliphatic rings. The SMILES string of the molecule is COC(=O)c1ccc(CCC[N+]2(CCCc3ccc(C(=O)OC)cc3)CCCC(NC(=O)OC(C)(C)C)C2)cc1.O=C([O-])C(F)(F)F. The van der Waals surface area contributed by atoms with Crippen molar-refractivity contribution in [3.63, 3.8) is 0 Å². The van der Waals surface area contributed by atoms with Gasteiger partial charge in [-0.05, 0) is 81.8 Å². The Morgan fingerprint density at radius 1 is 0.830 bits per heavy atom. The van der Waals surface area contributed by atoms with Crippen LogP contribution in [0.15, 0.2) is 48.5 Å². The van der Waals surface area contributed by atoms with Gasteiger partial charge in [0.1, 0.15) is 11.6 Å². The summed E-state index contributed by atoms with van der Waals surface area (Å²) in [6.45, 7) is 9.60. The quantitative estimate of drug-likeness (QED) is 0.209. The molecule has 3 rings (SSSR count). The third-order valence-corrected chi connectivity index (χ3v) is 7.69. The van der Waals surface area contributed by atoms with Crippen LogP contribution in [0.1, 0.15) is 78.3 Å². The van der Waals surface area contributed by atoms with Gasteiger partial charge in [-0.15, -0.1) is 0 Å². The van der Waals surface area contributed by atoms with Crippen molar-refractivity contribution >= 4 is 24.0 Å². The zero-order chi connectivity index (χ0) is 35.3. The van der Waals surface area contributed by atoms with Crippen LogP contribution < -0.4 is 10.4 Å². The first-order valence-electron chi connectivity index (χ1n) is 15.4. The summed E-state index contributed by atoms with van der Waals surface area (Å²) in [6.07, 6.45) is 0.288. The van der Waals surface area contributed by atoms with Gasteiger partial charge in [-0.25, -0.2) is 14.4 Å². The minimum Gasteiger partial charge on any atom is -0.542 e. The number of rotatable bonds is 11. The molecule has 0 bridgehead atoms. The van der Waals surface area contributed by atoms with Crippen molar-refractivity contribution in [3.8, 4) is 0 Å². The van der Waals surface area contributed by atoms with Gasteiger partial charge in [0.2, 0.25) is 0 Å². The summed E-state index contributed by atoms with van der Waals surface area (Å²) >= 11 is 0. The van der Waals surface area contributed by atoms with Gasteiger partial charge in [0.05, 0.1) is 57.6 Å². The molecule has 1 fully saturated rings. The lowest BCUT2D eigenvalue weighted by Gasteiger charge is -2.45. The van der Waals surface area contributed by atoms with Crippen molar-refractivity contribution in [2.45, 2.75) is 77.1 Å². The highest BCUT2D eigenvalue weighted by atomic mass is 19.4. The topological polar surface area (TPSA) is 131 Å². The Morgan fingerprint density at radius 2 is 1.26 bits per heavy atom. The van der Waals surface area contributed by atoms with Crippen molar-refractivity contribution in [2.24, 2.45) is 0 Å². The number of amides is 1. The van der Waals surface area contributed by atoms with E-state index >= 15 is 0 Å². The van der Waals surface area contributed by atoms with Gasteiger partial charge in [-0.2, -0.15) is 13.2 Å². The molecular formula is C34H45F3N2O8. The number of carbonyl (C=O) groups is 4. The second kappa shape index (κ2) is 17.7. The number of halogens is 3. The number of benzene rings is 2. The molecule has 1 heterocycles. The normalized spacial score (nSPS) is 15.8. The van der Waals surface area contributed by atoms with Crippen molar-refractivity contribution in [1.29, 1.82) is 0 Å². The van der Waals surface area contributed by atoms with E-state index in [4.69, 9.17) is 24.1 Å². The van der Waals surface area contributed by atoms with Crippen molar-refractivity contribution in [3.05, 3.63) is 70.8 Å². The van der Waals surface area contributed by atoms with E-state index in [0.717, 1.165) is 69.2 Å². The summed E-state index contributed by atoms with van der Waals surface area (Å²) in [5.41, 5.74) is 2.97. The molecule has 0 aromatic heterocycles. The van der Waals surface area contributed by atoms with Crippen LogP contribution in [0.3, 0.4) is 0 Å². The first kappa shape index (κ1) is 39.1. The van der Waals surface area contributed by atoms with Crippen LogP contribution in [0.25, 0.3) is 0 Å². The fraction of sp³-hybridized carbons (Fsp3) is 0.529. The van der Waals surface area contributed by atoms with Crippen molar-refractivity contribution < 1.29 is 56.1 Å². The van der Waals surface area contributed by atoms with E-state index in [1.54, 1.807) is 0 Å². The van der Waals surface area contributed by atoms with Gasteiger partial charge in [0.25, 0.3) is 0 Å². The summed E-state index contributed by atoms with van der Waals surface area (Å²) in [5.74, 6) is -3.66. The molecule has 0 radical (unpaired) electrons. The zero-order valence-electron chi connectivity index (χ0n) is 27.6. The summed E-state index contributed by atoms with van der Waals surface area (Å²) in [4.78, 5) is 44.8. The number of aryl methyl sites for hydroxylation is 2. The number of likely N-dealkylation sites (tertiary alicyclic amines) is 1. The monoisotopic (exact) mass is 666 g/mol. The number of esters is 2. The molecule has 13 heteroatoms. The maximum Gasteiger partial charge on any atom is 0.430 e. The lowest BCUT2D eigenvalue weighted by molar-refractivity contribution is -0.933. The van der Waals surface area contributed by atoms with Gasteiger partial charge in [-0.3, -0.25) is 0 Å². The molecule has 1 atom stereocenters. The standard InChI is InChI=1S/C32H44N2O6.C2HF3O2/c1-32(2,3)40-31(37)33-28-11-8-22-34(23-28,20-6-9-24-12-16-26(17-13-24)29(35)38-4)21-7-10-25-14-18-27(19-15-25)30(36)39-5;3-2(4,5)1(6)7/h12-19,28H,6-11,20-23H2,1-5H3;(H,6,7). The number of methoxy groups -OCH3 is 2. The van der Waals surface area contributed by atoms with E-state index in [2.05, 4.69) is 5.32 Å². The molecule has 1 saturated heterocycles. The smallest absolute Gasteiger partial charge is 0.430 e. The third-order valence-electron chi connectivity index (χ3n) is 7.69. The number of carboxylic acids is 1. The Hall–Kier alpha value is -4.13. The Kier molecular flexibility index (Phi) is 14.7. The van der Waals surface area contributed by atoms with Gasteiger partial charge in [0, 0.05) is 12.8 Å². The number of hydrogen-bond donors (Lipinski definition) is 1. The number of nitrogens with one attached hydrogen (secondary N) is 1. The minimum atomic E-state index is -5.19. The van der Waals surface area contributed by atoms with Crippen LogP contribution >= 0.6 is 0 Å². The second-order valence-electron chi connectivity index (χ2n) is 12.5. The van der Waals surface area contributed by atoms with Crippen LogP contribution in [0, 0.1) is 0 Å². The molecule has 0 aliphatic carbocycles. The predicted molar refractivity (Wildman–Crippen MR) is 165 cm³/mol. The molecule has 0 saturated carbocycles. The summed E-state index contributed by atoms with van der Waals surface area (Å²) in [5, 5.41) is 11.9. The number of alkyl carbamates (subject to hydrolysis) is 1. The summed E-state index contributed by atoms with van der Waals surface area (Å²) in [6, 6.07) is 15.3. The molecule has 260 valence electrons. The van der Waals surface area contributed by atoms with E-state index < -0.39 is 17.7 Å². The number of ether oxygens (including phenoxy) is 3. The maximum atomic E-state index is 12.5. The highest BCUT2D eigenvalue weighted by Gasteiger charge is 2.36. The highest BCUT2D eigenvalue weighted by molar-refractivity contribution is 5.89. The molecule has 47 heavy (non-hydrogen) atoms. The zero-order valence-corrected chi connectivity index (χ0v) is 27.6. The molecule has 1 aliphatic heterocycles. The average molecular weight is 667 g/mol. The molecular weight excluding hydrogens is 621 g/mol. The minimum absolute atomic E-state index is 0.0716. The molecule has 1 N–H and O–H groups in total. The first-order valence-corrected chi connectivity index (χ1v) is 15.4. The van der Waals surface area contributed by atoms with E-state index in [9.17, 15) is 27.6 Å². The van der Waals surface area contributed by atoms with Gasteiger partial charge >= 0.3 is 24.2 Å². The molecule has 2 aromatic carbocycles. The number of piperidine rings is 1. The summed E-state index contributed by atoms with van der Waals surface area (Å²) < 4.78 is 47.6. The van der Waals surface area contributed by atoms with E-state index in [1.165, 1.54) is 25.3 Å². The Morgan fingerprint density at radius 3 is 1.62 bits per heavy atom. The number of carbonyl (C=O) groups excluding carboxylic acids is 4. The molecule has 10 nitrogen and oxygen atoms in total. The first-order chi connectivity index (χ1) is 22.0. The number of alkyl halides is 3. The van der Waals surface area contributed by atoms with Crippen molar-refractivity contribution in [1.82, 2.24) is 5.32 Å². The number of aliphatic carboxylic acids is 1. The predicted octanol–water partition coefficient (Wildman–Crippen LogP) is 4.63. The van der Waals surface area contributed by atoms with Gasteiger partial charge in [-0.1, -0.05) is 24.3 Å². The van der Waals surface area contributed by atoms with Crippen LogP contribution in [0.2, 0.25) is 0 Å². The van der Waals surface area contributed by atoms with Crippen LogP contribution in [-0.4, -0.2) is 86.7 Å². The third kappa shape index (κ3) is 14.0. The van der Waals surface area contributed by atoms with Crippen LogP contribution in [0.5, 0.6) is 0 Å². The number of nitrogens with zero attached hydrogens (tertiary/aromatic N) is 1. The largest absolute Gasteiger partial charge is 0.542 e. The van der Waals surface area contributed by atoms with Crippen molar-refractivity contribution in [2.75, 3.05) is 40.4 Å². The fourth-order valence-corrected chi connectivity index (χ4v) is 5.52. The molecule has 0 spiro atoms. The Balaban J connectivity index is 0.000000984. The summed E-state index contributed by atoms with van der Waals surface area (Å²) in [7, 11) is 2.78. The Bertz CT molecular complexity index is 1260. The number of carboxylic acid groups (broad SMARTS) is 1. The lowest BCUT2D eigenvalue weighted by atomic mass is 9.99. The average Bonchev–Trinajstić information content (AvgIpc) is 3.00. The number of hydrogen-bond acceptors (Lipinski definition) is 8. The van der Waals surface area contributed by atoms with E-state index in [-0.39, 0.29) is 24.1 Å². The van der Waals surface area contributed by atoms with Crippen LogP contribution in [0.4, 0.5) is 18.0 Å². The number of quaternary nitrogens is 1. The van der Waals surface area contributed by atoms with Gasteiger partial charge < -0.3 is 33.9 Å². The maximum absolute atomic E-state index is 12.5. The molecule has 2 aromatic rings. The van der Waals surface area contributed by atoms with Gasteiger partial charge in [0.15, 0.2) is 0 Å². The lowest BCUT2D eigenvalue weighted by Crippen LogP contribution is -2.60. The fourth-order valence-electron chi connectivity index (χ4n) is 5.52. The molecule has 1 unspecified atom stereocenters. The Labute approximate surface area is 273 Å². The van der Waals surface area contributed by atoms with E-state index in [1.807, 2.05) is 69.3 Å². The van der Waals surface area contributed by atoms with Crippen LogP contribution in [-0.2, 0) is 31.8 Å². The van der Waals surface area contributed by atoms with E-state index in [0.29, 0.717) is 11.1 Å². The highest BCUT2D eigenvalue weighted by Crippen LogP contribution is 2.23. The second-order valence-corrected chi connectivity index (χ2v) is 12.5. The molecule has 1 amide bonds.